The van der Waals surface area contributed by atoms with E-state index in [4.69, 9.17) is 9.89 Å². The van der Waals surface area contributed by atoms with Crippen molar-refractivity contribution in [3.05, 3.63) is 69.6 Å². The van der Waals surface area contributed by atoms with Crippen LogP contribution in [0.3, 0.4) is 0 Å². The molecule has 0 spiro atoms. The summed E-state index contributed by atoms with van der Waals surface area (Å²) in [7, 11) is 0. The highest BCUT2D eigenvalue weighted by Gasteiger charge is 2.21. The van der Waals surface area contributed by atoms with Crippen molar-refractivity contribution >= 4 is 39.2 Å². The van der Waals surface area contributed by atoms with Crippen molar-refractivity contribution in [3.63, 3.8) is 0 Å². The number of rotatable bonds is 5. The average Bonchev–Trinajstić information content (AvgIpc) is 3.18. The van der Waals surface area contributed by atoms with Crippen molar-refractivity contribution in [1.82, 2.24) is 10.3 Å². The minimum Gasteiger partial charge on any atom is -0.374 e. The molecule has 2 aromatic carbocycles. The minimum atomic E-state index is -0.605. The number of nitriles is 1. The Morgan fingerprint density at radius 1 is 1.28 bits per heavy atom. The Labute approximate surface area is 172 Å². The Morgan fingerprint density at radius 2 is 2.07 bits per heavy atom. The summed E-state index contributed by atoms with van der Waals surface area (Å²) in [6, 6.07) is 12.3. The first kappa shape index (κ1) is 20.1. The summed E-state index contributed by atoms with van der Waals surface area (Å²) in [5.41, 5.74) is 0.754. The van der Waals surface area contributed by atoms with Crippen LogP contribution in [0.4, 0.5) is 15.9 Å². The molecule has 3 rings (SSSR count). The lowest BCUT2D eigenvalue weighted by molar-refractivity contribution is 0.102. The van der Waals surface area contributed by atoms with Gasteiger partial charge in [0.15, 0.2) is 11.5 Å². The van der Waals surface area contributed by atoms with Gasteiger partial charge in [-0.3, -0.25) is 4.79 Å². The Morgan fingerprint density at radius 3 is 2.79 bits per heavy atom. The molecule has 1 amide bonds. The summed E-state index contributed by atoms with van der Waals surface area (Å²) in [6.07, 6.45) is 0. The van der Waals surface area contributed by atoms with E-state index >= 15 is 0 Å². The van der Waals surface area contributed by atoms with Crippen molar-refractivity contribution in [3.8, 4) is 6.07 Å². The second-order valence-corrected chi connectivity index (χ2v) is 6.33. The zero-order valence-electron chi connectivity index (χ0n) is 14.6. The van der Waals surface area contributed by atoms with Gasteiger partial charge in [-0.05, 0) is 56.6 Å². The fourth-order valence-corrected chi connectivity index (χ4v) is 2.71. The van der Waals surface area contributed by atoms with Gasteiger partial charge in [-0.1, -0.05) is 12.1 Å². The number of amidine groups is 1. The Hall–Kier alpha value is -3.62. The summed E-state index contributed by atoms with van der Waals surface area (Å²) in [5.74, 6) is -1.12. The largest absolute Gasteiger partial charge is 0.374 e. The summed E-state index contributed by atoms with van der Waals surface area (Å²) < 4.78 is 18.3. The zero-order chi connectivity index (χ0) is 20.8. The highest BCUT2D eigenvalue weighted by molar-refractivity contribution is 9.10. The number of anilines is 2. The molecule has 0 unspecified atom stereocenters. The van der Waals surface area contributed by atoms with Crippen LogP contribution in [0.5, 0.6) is 0 Å². The fourth-order valence-electron chi connectivity index (χ4n) is 2.33. The van der Waals surface area contributed by atoms with Gasteiger partial charge in [-0.25, -0.2) is 14.0 Å². The molecule has 0 radical (unpaired) electrons. The smallest absolute Gasteiger partial charge is 0.258 e. The average molecular weight is 459 g/mol. The zero-order valence-corrected chi connectivity index (χ0v) is 16.1. The van der Waals surface area contributed by atoms with Crippen LogP contribution < -0.4 is 10.6 Å². The number of carbonyl (C=O) groups excluding carboxylic acids is 1. The topological polar surface area (TPSA) is 136 Å². The first-order valence-electron chi connectivity index (χ1n) is 8.04. The molecule has 3 N–H and O–H groups in total. The molecule has 3 aromatic rings. The van der Waals surface area contributed by atoms with Crippen molar-refractivity contribution in [2.24, 2.45) is 4.99 Å². The Kier molecular flexibility index (Phi) is 6.28. The molecule has 0 saturated heterocycles. The Bertz CT molecular complexity index is 1120. The number of benzene rings is 2. The first-order valence-corrected chi connectivity index (χ1v) is 8.83. The summed E-state index contributed by atoms with van der Waals surface area (Å²) in [4.78, 5) is 16.4. The van der Waals surface area contributed by atoms with E-state index in [0.29, 0.717) is 5.69 Å². The predicted octanol–water partition coefficient (Wildman–Crippen LogP) is 2.90. The number of aromatic nitrogens is 2. The molecular formula is C18H12BrFN6O3. The molecule has 0 saturated carbocycles. The summed E-state index contributed by atoms with van der Waals surface area (Å²) >= 11 is 3.08. The van der Waals surface area contributed by atoms with Gasteiger partial charge in [0.2, 0.25) is 5.82 Å². The lowest BCUT2D eigenvalue weighted by atomic mass is 10.1. The lowest BCUT2D eigenvalue weighted by Crippen LogP contribution is -2.20. The van der Waals surface area contributed by atoms with Crippen LogP contribution in [0, 0.1) is 17.1 Å². The first-order chi connectivity index (χ1) is 14.0. The van der Waals surface area contributed by atoms with Gasteiger partial charge in [0, 0.05) is 5.69 Å². The van der Waals surface area contributed by atoms with Crippen LogP contribution in [0.2, 0.25) is 0 Å². The number of aliphatic hydroxyl groups excluding tert-OH is 1. The molecule has 11 heteroatoms. The molecule has 1 aromatic heterocycles. The normalized spacial score (nSPS) is 11.0. The maximum Gasteiger partial charge on any atom is 0.258 e. The molecule has 0 atom stereocenters. The molecule has 0 aliphatic heterocycles. The number of nitrogens with zero attached hydrogens (tertiary/aromatic N) is 4. The van der Waals surface area contributed by atoms with E-state index in [-0.39, 0.29) is 32.9 Å². The number of aliphatic imine (C=N–C) groups is 1. The van der Waals surface area contributed by atoms with Crippen LogP contribution in [-0.4, -0.2) is 33.9 Å². The highest BCUT2D eigenvalue weighted by Crippen LogP contribution is 2.22. The summed E-state index contributed by atoms with van der Waals surface area (Å²) in [6.45, 7) is -0.595. The van der Waals surface area contributed by atoms with Crippen LogP contribution in [-0.2, 0) is 0 Å². The van der Waals surface area contributed by atoms with E-state index in [9.17, 15) is 14.3 Å². The van der Waals surface area contributed by atoms with E-state index < -0.39 is 18.5 Å². The molecule has 0 bridgehead atoms. The van der Waals surface area contributed by atoms with E-state index in [2.05, 4.69) is 41.9 Å². The van der Waals surface area contributed by atoms with Crippen LogP contribution >= 0.6 is 15.9 Å². The van der Waals surface area contributed by atoms with Crippen molar-refractivity contribution in [2.45, 2.75) is 0 Å². The van der Waals surface area contributed by atoms with E-state index in [1.165, 1.54) is 30.3 Å². The lowest BCUT2D eigenvalue weighted by Gasteiger charge is -2.10. The molecule has 0 aliphatic carbocycles. The molecule has 146 valence electrons. The van der Waals surface area contributed by atoms with Crippen LogP contribution in [0.15, 0.2) is 56.6 Å². The number of amides is 1. The number of hydrogen-bond donors (Lipinski definition) is 3. The van der Waals surface area contributed by atoms with E-state index in [1.54, 1.807) is 12.1 Å². The standard InChI is InChI=1S/C18H12BrFN6O3/c19-13-7-11(5-6-14(13)20)23-16(22-9-27)15-17(26-29-25-15)24-18(28)12-4-2-1-3-10(12)8-21/h1-7,27H,9H2,(H,22,23)(H,24,26,28). The van der Waals surface area contributed by atoms with Crippen molar-refractivity contribution in [1.29, 1.82) is 5.26 Å². The van der Waals surface area contributed by atoms with Gasteiger partial charge in [0.25, 0.3) is 5.91 Å². The number of hydrogen-bond acceptors (Lipinski definition) is 7. The third kappa shape index (κ3) is 4.63. The SMILES string of the molecule is N#Cc1ccccc1C(=O)Nc1nonc1C(=NCO)Nc1ccc(F)c(Br)c1. The third-order valence-electron chi connectivity index (χ3n) is 3.65. The molecule has 9 nitrogen and oxygen atoms in total. The van der Waals surface area contributed by atoms with Crippen LogP contribution in [0.1, 0.15) is 21.6 Å². The molecule has 0 fully saturated rings. The monoisotopic (exact) mass is 458 g/mol. The van der Waals surface area contributed by atoms with Crippen LogP contribution in [0.25, 0.3) is 0 Å². The van der Waals surface area contributed by atoms with E-state index in [0.717, 1.165) is 0 Å². The van der Waals surface area contributed by atoms with Gasteiger partial charge in [0.1, 0.15) is 12.5 Å². The molecule has 1 heterocycles. The van der Waals surface area contributed by atoms with Gasteiger partial charge in [-0.15, -0.1) is 0 Å². The van der Waals surface area contributed by atoms with Gasteiger partial charge < -0.3 is 15.7 Å². The maximum absolute atomic E-state index is 13.4. The number of nitrogens with one attached hydrogen (secondary N) is 2. The third-order valence-corrected chi connectivity index (χ3v) is 4.26. The van der Waals surface area contributed by atoms with Gasteiger partial charge in [-0.2, -0.15) is 5.26 Å². The number of carbonyl (C=O) groups is 1. The second-order valence-electron chi connectivity index (χ2n) is 5.47. The Balaban J connectivity index is 1.88. The second kappa shape index (κ2) is 9.05. The quantitative estimate of drug-likeness (QED) is 0.394. The number of halogens is 2. The summed E-state index contributed by atoms with van der Waals surface area (Å²) in [5, 5.41) is 31.1. The fraction of sp³-hybridized carbons (Fsp3) is 0.0556. The predicted molar refractivity (Wildman–Crippen MR) is 105 cm³/mol. The molecule has 0 aliphatic rings. The van der Waals surface area contributed by atoms with Crippen molar-refractivity contribution < 1.29 is 18.9 Å². The molecule has 29 heavy (non-hydrogen) atoms. The van der Waals surface area contributed by atoms with Gasteiger partial charge in [0.05, 0.1) is 21.7 Å². The van der Waals surface area contributed by atoms with Gasteiger partial charge >= 0.3 is 0 Å². The van der Waals surface area contributed by atoms with E-state index in [1.807, 2.05) is 6.07 Å². The van der Waals surface area contributed by atoms with Crippen molar-refractivity contribution in [2.75, 3.05) is 17.4 Å². The highest BCUT2D eigenvalue weighted by atomic mass is 79.9. The minimum absolute atomic E-state index is 0.00212. The molecular weight excluding hydrogens is 447 g/mol. The number of aliphatic hydroxyl groups is 1. The maximum atomic E-state index is 13.4.